The highest BCUT2D eigenvalue weighted by Crippen LogP contribution is 2.30. The maximum Gasteiger partial charge on any atom is 0.279 e. The van der Waals surface area contributed by atoms with E-state index in [-0.39, 0.29) is 11.6 Å². The number of ether oxygens (including phenoxy) is 1. The Kier molecular flexibility index (Phi) is 5.07. The first-order chi connectivity index (χ1) is 14.2. The van der Waals surface area contributed by atoms with Gasteiger partial charge < -0.3 is 9.64 Å². The van der Waals surface area contributed by atoms with Crippen LogP contribution in [-0.2, 0) is 11.3 Å². The molecule has 3 aromatic carbocycles. The predicted octanol–water partition coefficient (Wildman–Crippen LogP) is 3.38. The largest absolute Gasteiger partial charge is 0.497 e. The van der Waals surface area contributed by atoms with Crippen LogP contribution >= 0.6 is 0 Å². The van der Waals surface area contributed by atoms with Crippen molar-refractivity contribution >= 4 is 23.2 Å². The van der Waals surface area contributed by atoms with Gasteiger partial charge in [-0.15, -0.1) is 0 Å². The van der Waals surface area contributed by atoms with E-state index in [2.05, 4.69) is 10.5 Å². The lowest BCUT2D eigenvalue weighted by Gasteiger charge is -2.16. The highest BCUT2D eigenvalue weighted by molar-refractivity contribution is 6.54. The number of amides is 2. The van der Waals surface area contributed by atoms with Gasteiger partial charge in [0.05, 0.1) is 19.3 Å². The van der Waals surface area contributed by atoms with Crippen LogP contribution in [0.25, 0.3) is 0 Å². The van der Waals surface area contributed by atoms with Gasteiger partial charge in [-0.1, -0.05) is 48.5 Å². The van der Waals surface area contributed by atoms with Gasteiger partial charge in [0.2, 0.25) is 0 Å². The molecule has 6 nitrogen and oxygen atoms in total. The molecule has 4 rings (SSSR count). The fraction of sp³-hybridized carbons (Fsp3) is 0.0870. The quantitative estimate of drug-likeness (QED) is 0.685. The number of fused-ring (bicyclic) bond motifs is 1. The van der Waals surface area contributed by atoms with E-state index in [0.29, 0.717) is 23.4 Å². The van der Waals surface area contributed by atoms with E-state index < -0.39 is 5.91 Å². The second-order valence-electron chi connectivity index (χ2n) is 6.52. The van der Waals surface area contributed by atoms with Crippen LogP contribution in [0.15, 0.2) is 84.0 Å². The van der Waals surface area contributed by atoms with Gasteiger partial charge in [0.25, 0.3) is 11.8 Å². The lowest BCUT2D eigenvalue weighted by Crippen LogP contribution is -2.31. The van der Waals surface area contributed by atoms with Gasteiger partial charge >= 0.3 is 0 Å². The highest BCUT2D eigenvalue weighted by atomic mass is 16.5. The minimum absolute atomic E-state index is 0.221. The summed E-state index contributed by atoms with van der Waals surface area (Å²) in [6.07, 6.45) is 0. The van der Waals surface area contributed by atoms with Crippen molar-refractivity contribution in [2.24, 2.45) is 5.10 Å². The Labute approximate surface area is 168 Å². The van der Waals surface area contributed by atoms with E-state index >= 15 is 0 Å². The van der Waals surface area contributed by atoms with Crippen molar-refractivity contribution in [1.82, 2.24) is 5.43 Å². The SMILES string of the molecule is COc1ccc(C(=O)N/N=C2/C(=O)N(Cc3ccccc3)c3ccccc32)cc1. The summed E-state index contributed by atoms with van der Waals surface area (Å²) in [4.78, 5) is 27.1. The Morgan fingerprint density at radius 2 is 1.66 bits per heavy atom. The van der Waals surface area contributed by atoms with Crippen LogP contribution in [0.5, 0.6) is 5.75 Å². The summed E-state index contributed by atoms with van der Waals surface area (Å²) in [6, 6.07) is 23.8. The van der Waals surface area contributed by atoms with Gasteiger partial charge in [-0.25, -0.2) is 5.43 Å². The van der Waals surface area contributed by atoms with Gasteiger partial charge in [-0.05, 0) is 35.9 Å². The number of nitrogens with zero attached hydrogens (tertiary/aromatic N) is 2. The van der Waals surface area contributed by atoms with Gasteiger partial charge in [0, 0.05) is 11.1 Å². The molecular weight excluding hydrogens is 366 g/mol. The lowest BCUT2D eigenvalue weighted by atomic mass is 10.1. The zero-order valence-electron chi connectivity index (χ0n) is 15.8. The van der Waals surface area contributed by atoms with E-state index in [1.807, 2.05) is 54.6 Å². The van der Waals surface area contributed by atoms with Crippen molar-refractivity contribution in [3.05, 3.63) is 95.6 Å². The molecular formula is C23H19N3O3. The zero-order valence-corrected chi connectivity index (χ0v) is 15.8. The Hall–Kier alpha value is -3.93. The predicted molar refractivity (Wildman–Crippen MR) is 111 cm³/mol. The summed E-state index contributed by atoms with van der Waals surface area (Å²) in [5, 5.41) is 4.15. The molecule has 1 aliphatic rings. The molecule has 0 unspecified atom stereocenters. The Bertz CT molecular complexity index is 1080. The molecule has 0 bridgehead atoms. The second kappa shape index (κ2) is 7.98. The van der Waals surface area contributed by atoms with Gasteiger partial charge in [-0.3, -0.25) is 9.59 Å². The molecule has 0 radical (unpaired) electrons. The summed E-state index contributed by atoms with van der Waals surface area (Å²) < 4.78 is 5.09. The molecule has 0 atom stereocenters. The van der Waals surface area contributed by atoms with Crippen molar-refractivity contribution in [3.63, 3.8) is 0 Å². The third kappa shape index (κ3) is 3.73. The molecule has 0 aromatic heterocycles. The standard InChI is InChI=1S/C23H19N3O3/c1-29-18-13-11-17(12-14-18)22(27)25-24-21-19-9-5-6-10-20(19)26(23(21)28)15-16-7-3-2-4-8-16/h2-14H,15H2,1H3,(H,25,27)/b24-21+. The van der Waals surface area contributed by atoms with Crippen LogP contribution in [0.1, 0.15) is 21.5 Å². The molecule has 6 heteroatoms. The van der Waals surface area contributed by atoms with Gasteiger partial charge in [0.15, 0.2) is 5.71 Å². The summed E-state index contributed by atoms with van der Waals surface area (Å²) >= 11 is 0. The van der Waals surface area contributed by atoms with Crippen molar-refractivity contribution in [2.45, 2.75) is 6.54 Å². The second-order valence-corrected chi connectivity index (χ2v) is 6.52. The number of para-hydroxylation sites is 1. The van der Waals surface area contributed by atoms with Gasteiger partial charge in [-0.2, -0.15) is 5.10 Å². The first-order valence-corrected chi connectivity index (χ1v) is 9.14. The average molecular weight is 385 g/mol. The van der Waals surface area contributed by atoms with E-state index in [1.165, 1.54) is 0 Å². The maximum atomic E-state index is 13.0. The number of methoxy groups -OCH3 is 1. The van der Waals surface area contributed by atoms with Crippen molar-refractivity contribution in [3.8, 4) is 5.75 Å². The summed E-state index contributed by atoms with van der Waals surface area (Å²) in [5.74, 6) is 0.0151. The van der Waals surface area contributed by atoms with Crippen LogP contribution in [0.2, 0.25) is 0 Å². The Balaban J connectivity index is 1.58. The molecule has 2 amide bonds. The molecule has 0 saturated carbocycles. The van der Waals surface area contributed by atoms with E-state index in [1.54, 1.807) is 36.3 Å². The molecule has 144 valence electrons. The number of nitrogens with one attached hydrogen (secondary N) is 1. The van der Waals surface area contributed by atoms with Crippen LogP contribution in [0.3, 0.4) is 0 Å². The molecule has 29 heavy (non-hydrogen) atoms. The average Bonchev–Trinajstić information content (AvgIpc) is 3.04. The van der Waals surface area contributed by atoms with E-state index in [4.69, 9.17) is 4.74 Å². The highest BCUT2D eigenvalue weighted by Gasteiger charge is 2.34. The van der Waals surface area contributed by atoms with Crippen molar-refractivity contribution in [2.75, 3.05) is 12.0 Å². The normalized spacial score (nSPS) is 14.0. The number of hydrazone groups is 1. The number of benzene rings is 3. The number of rotatable bonds is 5. The molecule has 3 aromatic rings. The van der Waals surface area contributed by atoms with Gasteiger partial charge in [0.1, 0.15) is 5.75 Å². The number of anilines is 1. The van der Waals surface area contributed by atoms with E-state index in [9.17, 15) is 9.59 Å². The summed E-state index contributed by atoms with van der Waals surface area (Å²) in [7, 11) is 1.56. The van der Waals surface area contributed by atoms with Crippen molar-refractivity contribution < 1.29 is 14.3 Å². The molecule has 0 spiro atoms. The molecule has 0 saturated heterocycles. The molecule has 0 aliphatic carbocycles. The molecule has 1 N–H and O–H groups in total. The number of carbonyl (C=O) groups excluding carboxylic acids is 2. The number of hydrogen-bond acceptors (Lipinski definition) is 4. The zero-order chi connectivity index (χ0) is 20.2. The molecule has 0 fully saturated rings. The minimum atomic E-state index is -0.396. The van der Waals surface area contributed by atoms with Crippen LogP contribution in [0.4, 0.5) is 5.69 Å². The number of hydrogen-bond donors (Lipinski definition) is 1. The fourth-order valence-corrected chi connectivity index (χ4v) is 3.21. The fourth-order valence-electron chi connectivity index (χ4n) is 3.21. The van der Waals surface area contributed by atoms with Crippen molar-refractivity contribution in [1.29, 1.82) is 0 Å². The molecule has 1 heterocycles. The Morgan fingerprint density at radius 3 is 2.38 bits per heavy atom. The third-order valence-corrected chi connectivity index (χ3v) is 4.70. The summed E-state index contributed by atoms with van der Waals surface area (Å²) in [6.45, 7) is 0.433. The Morgan fingerprint density at radius 1 is 0.966 bits per heavy atom. The van der Waals surface area contributed by atoms with Crippen LogP contribution in [0, 0.1) is 0 Å². The lowest BCUT2D eigenvalue weighted by molar-refractivity contribution is -0.112. The molecule has 1 aliphatic heterocycles. The monoisotopic (exact) mass is 385 g/mol. The first-order valence-electron chi connectivity index (χ1n) is 9.14. The number of carbonyl (C=O) groups is 2. The third-order valence-electron chi connectivity index (χ3n) is 4.70. The van der Waals surface area contributed by atoms with Crippen LogP contribution in [-0.4, -0.2) is 24.6 Å². The van der Waals surface area contributed by atoms with Crippen LogP contribution < -0.4 is 15.1 Å². The topological polar surface area (TPSA) is 71.0 Å². The summed E-state index contributed by atoms with van der Waals surface area (Å²) in [5.41, 5.74) is 5.63. The minimum Gasteiger partial charge on any atom is -0.497 e. The first kappa shape index (κ1) is 18.4. The maximum absolute atomic E-state index is 13.0. The van der Waals surface area contributed by atoms with E-state index in [0.717, 1.165) is 11.3 Å². The smallest absolute Gasteiger partial charge is 0.279 e.